The SMILES string of the molecule is CN1CCC(Oc2ccc(-c3cnc(Cl)cc3NC3CC(F)(F)C3)nc2)CC1. The fourth-order valence-corrected chi connectivity index (χ4v) is 3.80. The molecule has 1 aliphatic heterocycles. The van der Waals surface area contributed by atoms with Gasteiger partial charge in [-0.05, 0) is 38.1 Å². The number of ether oxygens (including phenoxy) is 1. The van der Waals surface area contributed by atoms with Gasteiger partial charge in [0.2, 0.25) is 0 Å². The Labute approximate surface area is 168 Å². The number of hydrogen-bond donors (Lipinski definition) is 1. The van der Waals surface area contributed by atoms with Crippen LogP contribution >= 0.6 is 11.6 Å². The van der Waals surface area contributed by atoms with Gasteiger partial charge in [-0.2, -0.15) is 0 Å². The zero-order valence-corrected chi connectivity index (χ0v) is 16.4. The van der Waals surface area contributed by atoms with Crippen molar-refractivity contribution in [1.82, 2.24) is 14.9 Å². The predicted octanol–water partition coefficient (Wildman–Crippen LogP) is 4.48. The number of alkyl halides is 2. The van der Waals surface area contributed by atoms with Crippen LogP contribution in [0.5, 0.6) is 5.75 Å². The molecule has 2 aromatic rings. The first kappa shape index (κ1) is 19.3. The van der Waals surface area contributed by atoms with Crippen LogP contribution in [0.25, 0.3) is 11.3 Å². The van der Waals surface area contributed by atoms with Crippen LogP contribution in [-0.4, -0.2) is 53.1 Å². The number of pyridine rings is 2. The number of piperidine rings is 1. The first-order chi connectivity index (χ1) is 13.4. The van der Waals surface area contributed by atoms with E-state index in [4.69, 9.17) is 16.3 Å². The molecular formula is C20H23ClF2N4O. The van der Waals surface area contributed by atoms with E-state index in [9.17, 15) is 8.78 Å². The quantitative estimate of drug-likeness (QED) is 0.739. The summed E-state index contributed by atoms with van der Waals surface area (Å²) in [6, 6.07) is 5.11. The predicted molar refractivity (Wildman–Crippen MR) is 105 cm³/mol. The third kappa shape index (κ3) is 4.52. The molecule has 0 amide bonds. The third-order valence-corrected chi connectivity index (χ3v) is 5.51. The highest BCUT2D eigenvalue weighted by molar-refractivity contribution is 6.29. The van der Waals surface area contributed by atoms with Gasteiger partial charge in [-0.1, -0.05) is 11.6 Å². The Morgan fingerprint density at radius 3 is 2.57 bits per heavy atom. The summed E-state index contributed by atoms with van der Waals surface area (Å²) in [6.07, 6.45) is 5.16. The largest absolute Gasteiger partial charge is 0.489 e. The van der Waals surface area contributed by atoms with Crippen LogP contribution in [0.3, 0.4) is 0 Å². The smallest absolute Gasteiger partial charge is 0.252 e. The van der Waals surface area contributed by atoms with Crippen LogP contribution in [-0.2, 0) is 0 Å². The van der Waals surface area contributed by atoms with E-state index in [0.717, 1.165) is 37.2 Å². The molecule has 0 spiro atoms. The monoisotopic (exact) mass is 408 g/mol. The molecule has 0 aromatic carbocycles. The van der Waals surface area contributed by atoms with Crippen molar-refractivity contribution in [1.29, 1.82) is 0 Å². The zero-order valence-electron chi connectivity index (χ0n) is 15.7. The fraction of sp³-hybridized carbons (Fsp3) is 0.500. The Kier molecular flexibility index (Phi) is 5.38. The van der Waals surface area contributed by atoms with Gasteiger partial charge >= 0.3 is 0 Å². The molecule has 1 N–H and O–H groups in total. The summed E-state index contributed by atoms with van der Waals surface area (Å²) in [5.74, 6) is -1.85. The van der Waals surface area contributed by atoms with E-state index in [1.54, 1.807) is 18.5 Å². The second-order valence-electron chi connectivity index (χ2n) is 7.66. The number of rotatable bonds is 5. The van der Waals surface area contributed by atoms with Gasteiger partial charge < -0.3 is 15.0 Å². The molecule has 0 radical (unpaired) electrons. The van der Waals surface area contributed by atoms with Crippen molar-refractivity contribution >= 4 is 17.3 Å². The van der Waals surface area contributed by atoms with Gasteiger partial charge in [0, 0.05) is 49.4 Å². The Bertz CT molecular complexity index is 817. The Morgan fingerprint density at radius 2 is 1.93 bits per heavy atom. The maximum atomic E-state index is 13.1. The number of likely N-dealkylation sites (tertiary alicyclic amines) is 1. The number of nitrogens with zero attached hydrogens (tertiary/aromatic N) is 3. The average Bonchev–Trinajstić information content (AvgIpc) is 2.63. The highest BCUT2D eigenvalue weighted by atomic mass is 35.5. The normalized spacial score (nSPS) is 20.6. The molecule has 4 rings (SSSR count). The lowest BCUT2D eigenvalue weighted by Crippen LogP contribution is -2.44. The lowest BCUT2D eigenvalue weighted by Gasteiger charge is -2.36. The fourth-order valence-electron chi connectivity index (χ4n) is 3.64. The Hall–Kier alpha value is -1.99. The molecule has 8 heteroatoms. The number of halogens is 3. The third-order valence-electron chi connectivity index (χ3n) is 5.30. The van der Waals surface area contributed by atoms with Crippen LogP contribution < -0.4 is 10.1 Å². The molecule has 2 fully saturated rings. The van der Waals surface area contributed by atoms with Gasteiger partial charge in [0.15, 0.2) is 0 Å². The highest BCUT2D eigenvalue weighted by Crippen LogP contribution is 2.40. The molecule has 1 aliphatic carbocycles. The lowest BCUT2D eigenvalue weighted by molar-refractivity contribution is -0.0793. The molecule has 2 aliphatic rings. The molecule has 150 valence electrons. The van der Waals surface area contributed by atoms with Crippen LogP contribution in [0.15, 0.2) is 30.6 Å². The summed E-state index contributed by atoms with van der Waals surface area (Å²) >= 11 is 6.01. The summed E-state index contributed by atoms with van der Waals surface area (Å²) in [4.78, 5) is 10.9. The van der Waals surface area contributed by atoms with Gasteiger partial charge in [-0.25, -0.2) is 13.8 Å². The van der Waals surface area contributed by atoms with E-state index in [1.807, 2.05) is 12.1 Å². The molecule has 1 saturated carbocycles. The van der Waals surface area contributed by atoms with Gasteiger partial charge in [-0.3, -0.25) is 4.98 Å². The average molecular weight is 409 g/mol. The number of hydrogen-bond acceptors (Lipinski definition) is 5. The minimum Gasteiger partial charge on any atom is -0.489 e. The van der Waals surface area contributed by atoms with Crippen molar-refractivity contribution < 1.29 is 13.5 Å². The molecule has 1 saturated heterocycles. The summed E-state index contributed by atoms with van der Waals surface area (Å²) in [6.45, 7) is 2.06. The van der Waals surface area contributed by atoms with E-state index < -0.39 is 5.92 Å². The minimum absolute atomic E-state index is 0.177. The van der Waals surface area contributed by atoms with Crippen LogP contribution in [0.1, 0.15) is 25.7 Å². The van der Waals surface area contributed by atoms with E-state index in [2.05, 4.69) is 27.2 Å². The second-order valence-corrected chi connectivity index (χ2v) is 8.04. The summed E-state index contributed by atoms with van der Waals surface area (Å²) < 4.78 is 32.3. The zero-order chi connectivity index (χ0) is 19.7. The molecule has 28 heavy (non-hydrogen) atoms. The van der Waals surface area contributed by atoms with Crippen molar-refractivity contribution in [2.24, 2.45) is 0 Å². The van der Waals surface area contributed by atoms with Gasteiger partial charge in [0.05, 0.1) is 11.9 Å². The van der Waals surface area contributed by atoms with Crippen molar-refractivity contribution in [2.45, 2.75) is 43.8 Å². The maximum absolute atomic E-state index is 13.1. The van der Waals surface area contributed by atoms with E-state index in [-0.39, 0.29) is 25.0 Å². The first-order valence-corrected chi connectivity index (χ1v) is 9.87. The first-order valence-electron chi connectivity index (χ1n) is 9.49. The Balaban J connectivity index is 1.46. The van der Waals surface area contributed by atoms with Crippen molar-refractivity contribution in [3.8, 4) is 17.0 Å². The van der Waals surface area contributed by atoms with Crippen LogP contribution in [0.4, 0.5) is 14.5 Å². The number of anilines is 1. The summed E-state index contributed by atoms with van der Waals surface area (Å²) in [7, 11) is 2.11. The second kappa shape index (κ2) is 7.79. The van der Waals surface area contributed by atoms with Gasteiger partial charge in [0.1, 0.15) is 17.0 Å². The molecule has 3 heterocycles. The Morgan fingerprint density at radius 1 is 1.18 bits per heavy atom. The standard InChI is InChI=1S/C20H23ClF2N4O/c1-27-6-4-14(5-7-27)28-15-2-3-17(24-11-15)16-12-25-19(21)8-18(16)26-13-9-20(22,23)10-13/h2-3,8,11-14H,4-7,9-10H2,1H3,(H,25,26). The van der Waals surface area contributed by atoms with Crippen molar-refractivity contribution in [3.63, 3.8) is 0 Å². The van der Waals surface area contributed by atoms with Crippen LogP contribution in [0.2, 0.25) is 5.15 Å². The molecule has 0 bridgehead atoms. The lowest BCUT2D eigenvalue weighted by atomic mass is 9.88. The molecule has 5 nitrogen and oxygen atoms in total. The number of nitrogens with one attached hydrogen (secondary N) is 1. The molecule has 0 atom stereocenters. The minimum atomic E-state index is -2.58. The summed E-state index contributed by atoms with van der Waals surface area (Å²) in [5.41, 5.74) is 2.08. The molecular weight excluding hydrogens is 386 g/mol. The number of aromatic nitrogens is 2. The topological polar surface area (TPSA) is 50.3 Å². The molecule has 2 aromatic heterocycles. The van der Waals surface area contributed by atoms with Crippen LogP contribution in [0, 0.1) is 0 Å². The van der Waals surface area contributed by atoms with Crippen molar-refractivity contribution in [3.05, 3.63) is 35.7 Å². The van der Waals surface area contributed by atoms with Gasteiger partial charge in [-0.15, -0.1) is 0 Å². The summed E-state index contributed by atoms with van der Waals surface area (Å²) in [5, 5.41) is 3.45. The molecule has 0 unspecified atom stereocenters. The van der Waals surface area contributed by atoms with E-state index in [1.165, 1.54) is 0 Å². The maximum Gasteiger partial charge on any atom is 0.252 e. The highest BCUT2D eigenvalue weighted by Gasteiger charge is 2.45. The van der Waals surface area contributed by atoms with Gasteiger partial charge in [0.25, 0.3) is 5.92 Å². The van der Waals surface area contributed by atoms with Crippen molar-refractivity contribution in [2.75, 3.05) is 25.5 Å². The van der Waals surface area contributed by atoms with E-state index >= 15 is 0 Å². The van der Waals surface area contributed by atoms with E-state index in [0.29, 0.717) is 16.5 Å².